The Balaban J connectivity index is 2.09. The predicted octanol–water partition coefficient (Wildman–Crippen LogP) is 3.08. The molecule has 118 valence electrons. The molecule has 4 N–H and O–H groups in total. The number of halogens is 1. The Morgan fingerprint density at radius 1 is 1.09 bits per heavy atom. The van der Waals surface area contributed by atoms with Gasteiger partial charge in [-0.15, -0.1) is 11.6 Å². The molecule has 2 aromatic carbocycles. The number of fused-ring (bicyclic) bond motifs is 1. The number of carbonyl (C=O) groups excluding carboxylic acids is 1. The highest BCUT2D eigenvalue weighted by molar-refractivity contribution is 6.35. The predicted molar refractivity (Wildman–Crippen MR) is 88.8 cm³/mol. The molecule has 0 aliphatic carbocycles. The van der Waals surface area contributed by atoms with E-state index in [1.807, 2.05) is 18.2 Å². The zero-order valence-electron chi connectivity index (χ0n) is 12.0. The second-order valence-electron chi connectivity index (χ2n) is 5.20. The Kier molecular flexibility index (Phi) is 3.88. The average molecular weight is 332 g/mol. The molecule has 0 bridgehead atoms. The summed E-state index contributed by atoms with van der Waals surface area (Å²) in [6.45, 7) is 0. The molecule has 1 aliphatic rings. The molecular weight excluding hydrogens is 318 g/mol. The van der Waals surface area contributed by atoms with Crippen molar-refractivity contribution in [1.29, 1.82) is 0 Å². The largest absolute Gasteiger partial charge is 0.504 e. The smallest absolute Gasteiger partial charge is 0.256 e. The van der Waals surface area contributed by atoms with Gasteiger partial charge in [-0.25, -0.2) is 0 Å². The molecule has 1 amide bonds. The van der Waals surface area contributed by atoms with E-state index in [4.69, 9.17) is 11.6 Å². The Hall–Kier alpha value is -2.66. The van der Waals surface area contributed by atoms with Crippen LogP contribution in [0.2, 0.25) is 0 Å². The van der Waals surface area contributed by atoms with E-state index in [2.05, 4.69) is 5.32 Å². The van der Waals surface area contributed by atoms with Crippen LogP contribution in [0.15, 0.2) is 30.3 Å². The van der Waals surface area contributed by atoms with E-state index in [0.29, 0.717) is 29.1 Å². The standard InChI is InChI=1S/C17H14ClNO4/c18-6-5-9-1-3-13-11(7-9)12(17(23)19-13)8-10-2-4-14(20)16(22)15(10)21/h1-4,7-8,20-22H,5-6H2,(H,19,23). The van der Waals surface area contributed by atoms with Crippen molar-refractivity contribution in [1.82, 2.24) is 0 Å². The van der Waals surface area contributed by atoms with E-state index in [9.17, 15) is 20.1 Å². The van der Waals surface area contributed by atoms with Gasteiger partial charge in [-0.05, 0) is 42.3 Å². The summed E-state index contributed by atoms with van der Waals surface area (Å²) in [7, 11) is 0. The number of aromatic hydroxyl groups is 3. The van der Waals surface area contributed by atoms with Crippen molar-refractivity contribution >= 4 is 34.8 Å². The number of phenols is 3. The lowest BCUT2D eigenvalue weighted by Gasteiger charge is -2.06. The zero-order chi connectivity index (χ0) is 16.6. The summed E-state index contributed by atoms with van der Waals surface area (Å²) in [5, 5.41) is 31.6. The van der Waals surface area contributed by atoms with Crippen LogP contribution in [0.5, 0.6) is 17.2 Å². The summed E-state index contributed by atoms with van der Waals surface area (Å²) >= 11 is 5.75. The van der Waals surface area contributed by atoms with Gasteiger partial charge < -0.3 is 20.6 Å². The maximum absolute atomic E-state index is 12.2. The summed E-state index contributed by atoms with van der Waals surface area (Å²) in [6.07, 6.45) is 2.15. The third kappa shape index (κ3) is 2.71. The Morgan fingerprint density at radius 3 is 2.61 bits per heavy atom. The molecule has 3 rings (SSSR count). The number of hydrogen-bond acceptors (Lipinski definition) is 4. The number of aryl methyl sites for hydroxylation is 1. The van der Waals surface area contributed by atoms with E-state index >= 15 is 0 Å². The second-order valence-corrected chi connectivity index (χ2v) is 5.58. The number of nitrogens with one attached hydrogen (secondary N) is 1. The highest BCUT2D eigenvalue weighted by Crippen LogP contribution is 2.40. The number of rotatable bonds is 3. The van der Waals surface area contributed by atoms with E-state index in [0.717, 1.165) is 5.56 Å². The highest BCUT2D eigenvalue weighted by atomic mass is 35.5. The number of carbonyl (C=O) groups is 1. The number of anilines is 1. The van der Waals surface area contributed by atoms with Gasteiger partial charge in [0.1, 0.15) is 0 Å². The molecular formula is C17H14ClNO4. The minimum absolute atomic E-state index is 0.237. The minimum atomic E-state index is -0.617. The van der Waals surface area contributed by atoms with Crippen molar-refractivity contribution in [2.75, 3.05) is 11.2 Å². The molecule has 6 heteroatoms. The van der Waals surface area contributed by atoms with Crippen LogP contribution in [0.3, 0.4) is 0 Å². The summed E-state index contributed by atoms with van der Waals surface area (Å²) in [4.78, 5) is 12.2. The van der Waals surface area contributed by atoms with Crippen LogP contribution in [0, 0.1) is 0 Å². The summed E-state index contributed by atoms with van der Waals surface area (Å²) in [5.41, 5.74) is 3.00. The van der Waals surface area contributed by atoms with Gasteiger partial charge in [-0.2, -0.15) is 0 Å². The highest BCUT2D eigenvalue weighted by Gasteiger charge is 2.25. The first kappa shape index (κ1) is 15.2. The first-order valence-electron chi connectivity index (χ1n) is 6.97. The second kappa shape index (κ2) is 5.85. The van der Waals surface area contributed by atoms with Gasteiger partial charge in [0.2, 0.25) is 5.75 Å². The molecule has 1 aliphatic heterocycles. The molecule has 2 aromatic rings. The van der Waals surface area contributed by atoms with Gasteiger partial charge in [-0.1, -0.05) is 6.07 Å². The number of benzene rings is 2. The number of phenolic OH excluding ortho intramolecular Hbond substituents is 3. The van der Waals surface area contributed by atoms with Crippen molar-refractivity contribution in [2.24, 2.45) is 0 Å². The van der Waals surface area contributed by atoms with Crippen molar-refractivity contribution in [3.8, 4) is 17.2 Å². The number of alkyl halides is 1. The van der Waals surface area contributed by atoms with Crippen molar-refractivity contribution in [3.05, 3.63) is 47.0 Å². The minimum Gasteiger partial charge on any atom is -0.504 e. The van der Waals surface area contributed by atoms with Crippen molar-refractivity contribution < 1.29 is 20.1 Å². The topological polar surface area (TPSA) is 89.8 Å². The van der Waals surface area contributed by atoms with Gasteiger partial charge in [0.25, 0.3) is 5.91 Å². The molecule has 5 nitrogen and oxygen atoms in total. The van der Waals surface area contributed by atoms with Gasteiger partial charge >= 0.3 is 0 Å². The first-order valence-corrected chi connectivity index (χ1v) is 7.51. The van der Waals surface area contributed by atoms with Gasteiger partial charge in [0.05, 0.1) is 0 Å². The van der Waals surface area contributed by atoms with Gasteiger partial charge in [0.15, 0.2) is 11.5 Å². The molecule has 0 fully saturated rings. The average Bonchev–Trinajstić information content (AvgIpc) is 2.84. The number of hydrogen-bond donors (Lipinski definition) is 4. The molecule has 0 aromatic heterocycles. The van der Waals surface area contributed by atoms with E-state index in [1.165, 1.54) is 18.2 Å². The first-order chi connectivity index (χ1) is 11.0. The van der Waals surface area contributed by atoms with E-state index < -0.39 is 17.2 Å². The van der Waals surface area contributed by atoms with Crippen LogP contribution in [0.1, 0.15) is 16.7 Å². The fourth-order valence-electron chi connectivity index (χ4n) is 2.50. The van der Waals surface area contributed by atoms with Gasteiger partial charge in [0, 0.05) is 28.3 Å². The summed E-state index contributed by atoms with van der Waals surface area (Å²) < 4.78 is 0. The molecule has 1 heterocycles. The van der Waals surface area contributed by atoms with Crippen LogP contribution in [-0.2, 0) is 11.2 Å². The molecule has 23 heavy (non-hydrogen) atoms. The fourth-order valence-corrected chi connectivity index (χ4v) is 2.72. The fraction of sp³-hybridized carbons (Fsp3) is 0.118. The molecule has 0 saturated heterocycles. The normalized spacial score (nSPS) is 14.8. The Morgan fingerprint density at radius 2 is 1.87 bits per heavy atom. The molecule has 0 unspecified atom stereocenters. The van der Waals surface area contributed by atoms with Crippen LogP contribution >= 0.6 is 11.6 Å². The molecule has 0 saturated carbocycles. The van der Waals surface area contributed by atoms with Crippen molar-refractivity contribution in [3.63, 3.8) is 0 Å². The van der Waals surface area contributed by atoms with Crippen LogP contribution in [-0.4, -0.2) is 27.1 Å². The van der Waals surface area contributed by atoms with Crippen LogP contribution < -0.4 is 5.32 Å². The molecule has 0 radical (unpaired) electrons. The maximum atomic E-state index is 12.2. The monoisotopic (exact) mass is 331 g/mol. The Bertz CT molecular complexity index is 830. The lowest BCUT2D eigenvalue weighted by Crippen LogP contribution is -2.03. The molecule has 0 atom stereocenters. The lowest BCUT2D eigenvalue weighted by molar-refractivity contribution is -0.110. The Labute approximate surface area is 137 Å². The quantitative estimate of drug-likeness (QED) is 0.395. The van der Waals surface area contributed by atoms with E-state index in [-0.39, 0.29) is 11.5 Å². The third-order valence-corrected chi connectivity index (χ3v) is 3.90. The van der Waals surface area contributed by atoms with Gasteiger partial charge in [-0.3, -0.25) is 4.79 Å². The van der Waals surface area contributed by atoms with Crippen LogP contribution in [0.4, 0.5) is 5.69 Å². The summed E-state index contributed by atoms with van der Waals surface area (Å²) in [6, 6.07) is 8.25. The third-order valence-electron chi connectivity index (χ3n) is 3.71. The number of amides is 1. The lowest BCUT2D eigenvalue weighted by atomic mass is 10.0. The van der Waals surface area contributed by atoms with Crippen molar-refractivity contribution in [2.45, 2.75) is 6.42 Å². The maximum Gasteiger partial charge on any atom is 0.256 e. The summed E-state index contributed by atoms with van der Waals surface area (Å²) in [5.74, 6) is -1.34. The molecule has 0 spiro atoms. The zero-order valence-corrected chi connectivity index (χ0v) is 12.8. The van der Waals surface area contributed by atoms with E-state index in [1.54, 1.807) is 0 Å². The van der Waals surface area contributed by atoms with Crippen LogP contribution in [0.25, 0.3) is 11.6 Å². The SMILES string of the molecule is O=C1Nc2ccc(CCCl)cc2C1=Cc1ccc(O)c(O)c1O.